The fourth-order valence-corrected chi connectivity index (χ4v) is 1.41. The van der Waals surface area contributed by atoms with Crippen molar-refractivity contribution < 1.29 is 27.8 Å². The molecule has 2 N–H and O–H groups in total. The maximum Gasteiger partial charge on any atom is 0.433 e. The van der Waals surface area contributed by atoms with Gasteiger partial charge in [-0.2, -0.15) is 13.2 Å². The summed E-state index contributed by atoms with van der Waals surface area (Å²) in [6.45, 7) is 6.03. The van der Waals surface area contributed by atoms with Gasteiger partial charge in [0.05, 0.1) is 13.2 Å². The molecule has 8 heteroatoms. The third kappa shape index (κ3) is 5.42. The first kappa shape index (κ1) is 17.0. The number of carbonyl (C=O) groups is 1. The predicted molar refractivity (Wildman–Crippen MR) is 70.3 cm³/mol. The molecule has 0 aliphatic carbocycles. The van der Waals surface area contributed by atoms with E-state index in [0.29, 0.717) is 12.7 Å². The average molecular weight is 304 g/mol. The minimum atomic E-state index is -4.64. The predicted octanol–water partition coefficient (Wildman–Crippen LogP) is 2.80. The molecular formula is C13H15F3N2O3. The summed E-state index contributed by atoms with van der Waals surface area (Å²) in [5, 5.41) is 11.5. The molecule has 21 heavy (non-hydrogen) atoms. The highest BCUT2D eigenvalue weighted by atomic mass is 19.4. The van der Waals surface area contributed by atoms with Gasteiger partial charge < -0.3 is 15.2 Å². The van der Waals surface area contributed by atoms with Crippen molar-refractivity contribution in [1.82, 2.24) is 4.98 Å². The summed E-state index contributed by atoms with van der Waals surface area (Å²) < 4.78 is 42.8. The van der Waals surface area contributed by atoms with Gasteiger partial charge in [0.2, 0.25) is 0 Å². The quantitative estimate of drug-likeness (QED) is 0.598. The van der Waals surface area contributed by atoms with E-state index in [4.69, 9.17) is 9.84 Å². The summed E-state index contributed by atoms with van der Waals surface area (Å²) in [6, 6.07) is 1.50. The monoisotopic (exact) mass is 304 g/mol. The molecule has 1 heterocycles. The summed E-state index contributed by atoms with van der Waals surface area (Å²) >= 11 is 0. The summed E-state index contributed by atoms with van der Waals surface area (Å²) in [5.74, 6) is -1.70. The Balaban J connectivity index is 2.77. The zero-order chi connectivity index (χ0) is 16.0. The number of aromatic nitrogens is 1. The van der Waals surface area contributed by atoms with Gasteiger partial charge in [-0.1, -0.05) is 12.2 Å². The molecule has 0 radical (unpaired) electrons. The summed E-state index contributed by atoms with van der Waals surface area (Å²) in [4.78, 5) is 14.3. The third-order valence-electron chi connectivity index (χ3n) is 2.30. The number of ether oxygens (including phenoxy) is 1. The molecule has 0 bridgehead atoms. The first-order valence-corrected chi connectivity index (χ1v) is 5.99. The van der Waals surface area contributed by atoms with Crippen molar-refractivity contribution in [2.24, 2.45) is 0 Å². The number of anilines is 1. The van der Waals surface area contributed by atoms with E-state index in [1.54, 1.807) is 6.92 Å². The van der Waals surface area contributed by atoms with Gasteiger partial charge in [-0.25, -0.2) is 9.78 Å². The zero-order valence-electron chi connectivity index (χ0n) is 11.3. The number of aromatic carboxylic acids is 1. The van der Waals surface area contributed by atoms with E-state index in [1.807, 2.05) is 0 Å². The highest BCUT2D eigenvalue weighted by Crippen LogP contribution is 2.29. The summed E-state index contributed by atoms with van der Waals surface area (Å²) in [5.41, 5.74) is -0.681. The molecular weight excluding hydrogens is 289 g/mol. The number of rotatable bonds is 7. The molecule has 0 fully saturated rings. The second kappa shape index (κ2) is 7.07. The van der Waals surface area contributed by atoms with E-state index < -0.39 is 17.8 Å². The topological polar surface area (TPSA) is 71.5 Å². The minimum absolute atomic E-state index is 0.127. The van der Waals surface area contributed by atoms with Crippen LogP contribution in [0.15, 0.2) is 24.3 Å². The smallest absolute Gasteiger partial charge is 0.433 e. The highest BCUT2D eigenvalue weighted by molar-refractivity contribution is 5.93. The zero-order valence-corrected chi connectivity index (χ0v) is 11.3. The number of nitrogens with zero attached hydrogens (tertiary/aromatic N) is 1. The standard InChI is InChI=1S/C13H15F3N2O3/c1-8(2)7-21-6-5-17-11-9(12(19)20)3-4-10(18-11)13(14,15)16/h3-4H,1,5-7H2,2H3,(H,17,18)(H,19,20). The maximum atomic E-state index is 12.6. The summed E-state index contributed by atoms with van der Waals surface area (Å²) in [7, 11) is 0. The van der Waals surface area contributed by atoms with Gasteiger partial charge in [-0.05, 0) is 19.1 Å². The van der Waals surface area contributed by atoms with E-state index in [1.165, 1.54) is 0 Å². The Bertz CT molecular complexity index is 530. The molecule has 0 saturated carbocycles. The molecule has 1 rings (SSSR count). The molecule has 0 aromatic carbocycles. The van der Waals surface area contributed by atoms with Crippen LogP contribution < -0.4 is 5.32 Å². The van der Waals surface area contributed by atoms with Crippen molar-refractivity contribution in [1.29, 1.82) is 0 Å². The Morgan fingerprint density at radius 2 is 2.14 bits per heavy atom. The Morgan fingerprint density at radius 1 is 1.48 bits per heavy atom. The number of carboxylic acid groups (broad SMARTS) is 1. The van der Waals surface area contributed by atoms with Crippen molar-refractivity contribution in [3.8, 4) is 0 Å². The lowest BCUT2D eigenvalue weighted by atomic mass is 10.2. The fraction of sp³-hybridized carbons (Fsp3) is 0.385. The number of alkyl halides is 3. The van der Waals surface area contributed by atoms with Gasteiger partial charge >= 0.3 is 12.1 Å². The first-order valence-electron chi connectivity index (χ1n) is 5.99. The lowest BCUT2D eigenvalue weighted by molar-refractivity contribution is -0.141. The van der Waals surface area contributed by atoms with Crippen molar-refractivity contribution in [2.75, 3.05) is 25.1 Å². The fourth-order valence-electron chi connectivity index (χ4n) is 1.41. The van der Waals surface area contributed by atoms with Crippen LogP contribution in [0, 0.1) is 0 Å². The Kier molecular flexibility index (Phi) is 5.71. The second-order valence-electron chi connectivity index (χ2n) is 4.33. The minimum Gasteiger partial charge on any atom is -0.478 e. The van der Waals surface area contributed by atoms with Crippen molar-refractivity contribution in [3.05, 3.63) is 35.5 Å². The third-order valence-corrected chi connectivity index (χ3v) is 2.30. The van der Waals surface area contributed by atoms with Gasteiger partial charge in [-0.15, -0.1) is 0 Å². The maximum absolute atomic E-state index is 12.6. The number of halogens is 3. The molecule has 0 aliphatic heterocycles. The number of pyridine rings is 1. The van der Waals surface area contributed by atoms with Gasteiger partial charge in [0, 0.05) is 6.54 Å². The lowest BCUT2D eigenvalue weighted by Gasteiger charge is -2.12. The van der Waals surface area contributed by atoms with Crippen molar-refractivity contribution in [3.63, 3.8) is 0 Å². The van der Waals surface area contributed by atoms with Gasteiger partial charge in [0.25, 0.3) is 0 Å². The van der Waals surface area contributed by atoms with E-state index in [9.17, 15) is 18.0 Å². The van der Waals surface area contributed by atoms with Gasteiger partial charge in [0.15, 0.2) is 0 Å². The van der Waals surface area contributed by atoms with E-state index in [2.05, 4.69) is 16.9 Å². The van der Waals surface area contributed by atoms with Crippen molar-refractivity contribution in [2.45, 2.75) is 13.1 Å². The van der Waals surface area contributed by atoms with Gasteiger partial charge in [0.1, 0.15) is 17.1 Å². The molecule has 0 aliphatic rings. The lowest BCUT2D eigenvalue weighted by Crippen LogP contribution is -2.17. The van der Waals surface area contributed by atoms with Crippen LogP contribution in [0.1, 0.15) is 23.0 Å². The molecule has 1 aromatic heterocycles. The van der Waals surface area contributed by atoms with Crippen LogP contribution in [0.5, 0.6) is 0 Å². The Morgan fingerprint density at radius 3 is 2.67 bits per heavy atom. The number of carboxylic acids is 1. The van der Waals surface area contributed by atoms with Crippen LogP contribution in [-0.4, -0.2) is 35.8 Å². The van der Waals surface area contributed by atoms with E-state index in [-0.39, 0.29) is 24.5 Å². The molecule has 0 saturated heterocycles. The van der Waals surface area contributed by atoms with Crippen molar-refractivity contribution >= 4 is 11.8 Å². The normalized spacial score (nSPS) is 11.2. The van der Waals surface area contributed by atoms with Crippen LogP contribution in [-0.2, 0) is 10.9 Å². The average Bonchev–Trinajstić information content (AvgIpc) is 2.36. The van der Waals surface area contributed by atoms with Crippen LogP contribution in [0.25, 0.3) is 0 Å². The largest absolute Gasteiger partial charge is 0.478 e. The number of nitrogens with one attached hydrogen (secondary N) is 1. The number of hydrogen-bond donors (Lipinski definition) is 2. The first-order chi connectivity index (χ1) is 9.71. The highest BCUT2D eigenvalue weighted by Gasteiger charge is 2.33. The van der Waals surface area contributed by atoms with Crippen LogP contribution >= 0.6 is 0 Å². The Hall–Kier alpha value is -2.09. The van der Waals surface area contributed by atoms with E-state index in [0.717, 1.165) is 11.6 Å². The van der Waals surface area contributed by atoms with Gasteiger partial charge in [-0.3, -0.25) is 0 Å². The summed E-state index contributed by atoms with van der Waals surface area (Å²) in [6.07, 6.45) is -4.64. The molecule has 0 atom stereocenters. The molecule has 0 spiro atoms. The second-order valence-corrected chi connectivity index (χ2v) is 4.33. The molecule has 5 nitrogen and oxygen atoms in total. The molecule has 116 valence electrons. The van der Waals surface area contributed by atoms with E-state index >= 15 is 0 Å². The SMILES string of the molecule is C=C(C)COCCNc1nc(C(F)(F)F)ccc1C(=O)O. The molecule has 0 unspecified atom stereocenters. The number of hydrogen-bond acceptors (Lipinski definition) is 4. The molecule has 0 amide bonds. The Labute approximate surface area is 119 Å². The molecule has 1 aromatic rings. The van der Waals surface area contributed by atoms with Crippen LogP contribution in [0.3, 0.4) is 0 Å². The van der Waals surface area contributed by atoms with Crippen LogP contribution in [0.4, 0.5) is 19.0 Å². The van der Waals surface area contributed by atoms with Crippen LogP contribution in [0.2, 0.25) is 0 Å².